The third-order valence-corrected chi connectivity index (χ3v) is 3.65. The molecule has 0 unspecified atom stereocenters. The van der Waals surface area contributed by atoms with Crippen LogP contribution < -0.4 is 5.32 Å². The largest absolute Gasteiger partial charge is 0.313 e. The molecular weight excluding hydrogens is 227 g/mol. The molecule has 18 heavy (non-hydrogen) atoms. The average Bonchev–Trinajstić information content (AvgIpc) is 2.86. The van der Waals surface area contributed by atoms with Crippen molar-refractivity contribution in [3.05, 3.63) is 35.1 Å². The van der Waals surface area contributed by atoms with Crippen molar-refractivity contribution in [3.63, 3.8) is 0 Å². The Kier molecular flexibility index (Phi) is 5.14. The van der Waals surface area contributed by atoms with Crippen molar-refractivity contribution in [3.8, 4) is 0 Å². The predicted molar refractivity (Wildman–Crippen MR) is 73.1 cm³/mol. The Bertz CT molecular complexity index is 373. The van der Waals surface area contributed by atoms with Crippen LogP contribution in [0.25, 0.3) is 0 Å². The van der Waals surface area contributed by atoms with E-state index in [4.69, 9.17) is 0 Å². The van der Waals surface area contributed by atoms with E-state index in [-0.39, 0.29) is 5.82 Å². The summed E-state index contributed by atoms with van der Waals surface area (Å²) in [6, 6.07) is 4.99. The van der Waals surface area contributed by atoms with Gasteiger partial charge in [-0.1, -0.05) is 6.07 Å². The molecule has 0 atom stereocenters. The highest BCUT2D eigenvalue weighted by Crippen LogP contribution is 2.10. The van der Waals surface area contributed by atoms with Gasteiger partial charge in [-0.3, -0.25) is 0 Å². The lowest BCUT2D eigenvalue weighted by atomic mass is 10.1. The zero-order chi connectivity index (χ0) is 12.8. The minimum absolute atomic E-state index is 0.144. The molecule has 0 aliphatic carbocycles. The van der Waals surface area contributed by atoms with Gasteiger partial charge in [0.2, 0.25) is 0 Å². The lowest BCUT2D eigenvalue weighted by molar-refractivity contribution is 0.331. The maximum atomic E-state index is 13.1. The van der Waals surface area contributed by atoms with E-state index in [0.29, 0.717) is 0 Å². The first-order valence-electron chi connectivity index (χ1n) is 6.94. The van der Waals surface area contributed by atoms with Gasteiger partial charge in [0.15, 0.2) is 0 Å². The molecule has 1 saturated heterocycles. The van der Waals surface area contributed by atoms with Gasteiger partial charge in [0.25, 0.3) is 0 Å². The summed E-state index contributed by atoms with van der Waals surface area (Å²) < 4.78 is 13.1. The van der Waals surface area contributed by atoms with Gasteiger partial charge in [-0.15, -0.1) is 0 Å². The molecule has 0 bridgehead atoms. The smallest absolute Gasteiger partial charge is 0.123 e. The van der Waals surface area contributed by atoms with E-state index < -0.39 is 0 Å². The Balaban J connectivity index is 1.64. The molecule has 1 aromatic carbocycles. The third-order valence-electron chi connectivity index (χ3n) is 3.65. The molecular formula is C15H23FN2. The zero-order valence-electron chi connectivity index (χ0n) is 11.2. The molecule has 3 heteroatoms. The normalized spacial score (nSPS) is 16.3. The number of rotatable bonds is 6. The van der Waals surface area contributed by atoms with Gasteiger partial charge in [-0.05, 0) is 75.6 Å². The first-order valence-corrected chi connectivity index (χ1v) is 6.94. The van der Waals surface area contributed by atoms with Gasteiger partial charge >= 0.3 is 0 Å². The molecule has 100 valence electrons. The zero-order valence-corrected chi connectivity index (χ0v) is 11.2. The Morgan fingerprint density at radius 1 is 1.28 bits per heavy atom. The molecule has 0 aromatic heterocycles. The van der Waals surface area contributed by atoms with Crippen molar-refractivity contribution < 1.29 is 4.39 Å². The van der Waals surface area contributed by atoms with Crippen molar-refractivity contribution >= 4 is 0 Å². The Morgan fingerprint density at radius 2 is 2.06 bits per heavy atom. The van der Waals surface area contributed by atoms with Crippen molar-refractivity contribution in [1.29, 1.82) is 0 Å². The number of nitrogens with one attached hydrogen (secondary N) is 1. The monoisotopic (exact) mass is 250 g/mol. The fraction of sp³-hybridized carbons (Fsp3) is 0.600. The van der Waals surface area contributed by atoms with Crippen LogP contribution in [0.4, 0.5) is 4.39 Å². The van der Waals surface area contributed by atoms with Crippen LogP contribution in [0.3, 0.4) is 0 Å². The van der Waals surface area contributed by atoms with Crippen LogP contribution in [0.15, 0.2) is 18.2 Å². The molecule has 1 aliphatic rings. The van der Waals surface area contributed by atoms with Gasteiger partial charge in [0, 0.05) is 6.54 Å². The number of hydrogen-bond donors (Lipinski definition) is 1. The summed E-state index contributed by atoms with van der Waals surface area (Å²) in [6.45, 7) is 7.53. The van der Waals surface area contributed by atoms with E-state index in [1.54, 1.807) is 6.07 Å². The lowest BCUT2D eigenvalue weighted by Gasteiger charge is -2.14. The van der Waals surface area contributed by atoms with Gasteiger partial charge in [0.1, 0.15) is 5.82 Å². The molecule has 1 N–H and O–H groups in total. The molecule has 0 spiro atoms. The lowest BCUT2D eigenvalue weighted by Crippen LogP contribution is -2.24. The molecule has 0 saturated carbocycles. The average molecular weight is 250 g/mol. The maximum absolute atomic E-state index is 13.1. The third kappa shape index (κ3) is 4.07. The SMILES string of the molecule is Cc1ccc(F)cc1CNCCCN1CCCC1. The number of likely N-dealkylation sites (tertiary alicyclic amines) is 1. The van der Waals surface area contributed by atoms with Crippen molar-refractivity contribution in [2.45, 2.75) is 32.7 Å². The fourth-order valence-corrected chi connectivity index (χ4v) is 2.49. The number of halogens is 1. The predicted octanol–water partition coefficient (Wildman–Crippen LogP) is 2.71. The second-order valence-electron chi connectivity index (χ2n) is 5.15. The second-order valence-corrected chi connectivity index (χ2v) is 5.15. The highest BCUT2D eigenvalue weighted by Gasteiger charge is 2.09. The summed E-state index contributed by atoms with van der Waals surface area (Å²) in [5.74, 6) is -0.144. The molecule has 1 heterocycles. The van der Waals surface area contributed by atoms with Gasteiger partial charge in [-0.25, -0.2) is 4.39 Å². The molecule has 0 amide bonds. The summed E-state index contributed by atoms with van der Waals surface area (Å²) >= 11 is 0. The van der Waals surface area contributed by atoms with E-state index in [1.807, 2.05) is 13.0 Å². The van der Waals surface area contributed by atoms with Crippen molar-refractivity contribution in [1.82, 2.24) is 10.2 Å². The number of nitrogens with zero attached hydrogens (tertiary/aromatic N) is 1. The van der Waals surface area contributed by atoms with Gasteiger partial charge in [0.05, 0.1) is 0 Å². The molecule has 1 aromatic rings. The fourth-order valence-electron chi connectivity index (χ4n) is 2.49. The maximum Gasteiger partial charge on any atom is 0.123 e. The summed E-state index contributed by atoms with van der Waals surface area (Å²) in [6.07, 6.45) is 3.89. The van der Waals surface area contributed by atoms with Crippen LogP contribution >= 0.6 is 0 Å². The van der Waals surface area contributed by atoms with E-state index >= 15 is 0 Å². The Morgan fingerprint density at radius 3 is 2.83 bits per heavy atom. The van der Waals surface area contributed by atoms with Crippen LogP contribution in [-0.2, 0) is 6.54 Å². The highest BCUT2D eigenvalue weighted by molar-refractivity contribution is 5.26. The van der Waals surface area contributed by atoms with Crippen LogP contribution in [0.2, 0.25) is 0 Å². The standard InChI is InChI=1S/C15H23FN2/c1-13-5-6-15(16)11-14(13)12-17-7-4-10-18-8-2-3-9-18/h5-6,11,17H,2-4,7-10,12H2,1H3. The van der Waals surface area contributed by atoms with Crippen LogP contribution in [0, 0.1) is 12.7 Å². The first-order chi connectivity index (χ1) is 8.75. The number of benzene rings is 1. The highest BCUT2D eigenvalue weighted by atomic mass is 19.1. The Hall–Kier alpha value is -0.930. The van der Waals surface area contributed by atoms with E-state index in [1.165, 1.54) is 45.0 Å². The van der Waals surface area contributed by atoms with Crippen molar-refractivity contribution in [2.75, 3.05) is 26.2 Å². The molecule has 2 nitrogen and oxygen atoms in total. The first kappa shape index (κ1) is 13.5. The molecule has 0 radical (unpaired) electrons. The van der Waals surface area contributed by atoms with E-state index in [0.717, 1.165) is 24.2 Å². The van der Waals surface area contributed by atoms with E-state index in [9.17, 15) is 4.39 Å². The second kappa shape index (κ2) is 6.86. The summed E-state index contributed by atoms with van der Waals surface area (Å²) in [5, 5.41) is 3.40. The van der Waals surface area contributed by atoms with E-state index in [2.05, 4.69) is 10.2 Å². The minimum Gasteiger partial charge on any atom is -0.313 e. The van der Waals surface area contributed by atoms with Crippen LogP contribution in [-0.4, -0.2) is 31.1 Å². The summed E-state index contributed by atoms with van der Waals surface area (Å²) in [7, 11) is 0. The van der Waals surface area contributed by atoms with Crippen LogP contribution in [0.1, 0.15) is 30.4 Å². The summed E-state index contributed by atoms with van der Waals surface area (Å²) in [5.41, 5.74) is 2.22. The van der Waals surface area contributed by atoms with Gasteiger partial charge in [-0.2, -0.15) is 0 Å². The Labute approximate surface area is 109 Å². The van der Waals surface area contributed by atoms with Gasteiger partial charge < -0.3 is 10.2 Å². The molecule has 1 fully saturated rings. The molecule has 1 aliphatic heterocycles. The molecule has 2 rings (SSSR count). The number of hydrogen-bond acceptors (Lipinski definition) is 2. The quantitative estimate of drug-likeness (QED) is 0.781. The van der Waals surface area contributed by atoms with Crippen molar-refractivity contribution in [2.24, 2.45) is 0 Å². The topological polar surface area (TPSA) is 15.3 Å². The van der Waals surface area contributed by atoms with Crippen LogP contribution in [0.5, 0.6) is 0 Å². The summed E-state index contributed by atoms with van der Waals surface area (Å²) in [4.78, 5) is 2.52. The number of aryl methyl sites for hydroxylation is 1. The minimum atomic E-state index is -0.144.